The number of carbonyl (C=O) groups excluding carboxylic acids is 2. The minimum atomic E-state index is -3.41. The Morgan fingerprint density at radius 2 is 1.79 bits per heavy atom. The molecule has 1 aromatic heterocycles. The van der Waals surface area contributed by atoms with E-state index in [9.17, 15) is 19.7 Å². The minimum absolute atomic E-state index is 0.0586. The highest BCUT2D eigenvalue weighted by Crippen LogP contribution is 2.62. The van der Waals surface area contributed by atoms with Crippen LogP contribution in [0.1, 0.15) is 34.6 Å². The maximum Gasteiger partial charge on any atom is 0.294 e. The largest absolute Gasteiger partial charge is 0.387 e. The van der Waals surface area contributed by atoms with Crippen molar-refractivity contribution in [2.45, 2.75) is 25.8 Å². The fourth-order valence-corrected chi connectivity index (χ4v) is 6.11. The predicted octanol–water partition coefficient (Wildman–Crippen LogP) is 4.09. The normalized spacial score (nSPS) is 24.6. The third-order valence-electron chi connectivity index (χ3n) is 8.11. The van der Waals surface area contributed by atoms with E-state index in [1.54, 1.807) is 11.9 Å². The van der Waals surface area contributed by atoms with E-state index >= 15 is 8.78 Å². The van der Waals surface area contributed by atoms with E-state index in [1.165, 1.54) is 30.6 Å². The molecule has 3 atom stereocenters. The topological polar surface area (TPSA) is 121 Å². The molecule has 1 aromatic carbocycles. The Hall–Kier alpha value is -3.35. The highest BCUT2D eigenvalue weighted by Gasteiger charge is 2.62. The first kappa shape index (κ1) is 26.3. The fourth-order valence-electron chi connectivity index (χ4n) is 5.66. The number of hydrogen-bond donors (Lipinski definition) is 2. The van der Waals surface area contributed by atoms with E-state index in [2.05, 4.69) is 45.4 Å². The highest BCUT2D eigenvalue weighted by atomic mass is 79.9. The molecule has 3 unspecified atom stereocenters. The summed E-state index contributed by atoms with van der Waals surface area (Å²) in [5.41, 5.74) is -0.00977. The lowest BCUT2D eigenvalue weighted by Crippen LogP contribution is -2.39. The number of nitrogens with zero attached hydrogens (tertiary/aromatic N) is 4. The molecule has 0 radical (unpaired) electrons. The van der Waals surface area contributed by atoms with E-state index in [1.807, 2.05) is 0 Å². The van der Waals surface area contributed by atoms with Gasteiger partial charge in [0.05, 0.1) is 28.3 Å². The number of alkyl halides is 2. The van der Waals surface area contributed by atoms with Crippen molar-refractivity contribution in [3.63, 3.8) is 0 Å². The van der Waals surface area contributed by atoms with Crippen LogP contribution in [0.15, 0.2) is 35.1 Å². The van der Waals surface area contributed by atoms with Gasteiger partial charge >= 0.3 is 0 Å². The molecule has 1 aliphatic carbocycles. The van der Waals surface area contributed by atoms with E-state index in [-0.39, 0.29) is 26.7 Å². The first-order valence-electron chi connectivity index (χ1n) is 12.2. The quantitative estimate of drug-likeness (QED) is 0.383. The number of amides is 2. The maximum absolute atomic E-state index is 15.2. The summed E-state index contributed by atoms with van der Waals surface area (Å²) in [7, 11) is 1.64. The zero-order valence-electron chi connectivity index (χ0n) is 21.0. The summed E-state index contributed by atoms with van der Waals surface area (Å²) in [5.74, 6) is -3.81. The Balaban J connectivity index is 1.43. The summed E-state index contributed by atoms with van der Waals surface area (Å²) in [6.07, 6.45) is 2.79. The van der Waals surface area contributed by atoms with Gasteiger partial charge in [0.15, 0.2) is 0 Å². The van der Waals surface area contributed by atoms with Gasteiger partial charge < -0.3 is 20.4 Å². The second kappa shape index (κ2) is 9.14. The molecular weight excluding hydrogens is 566 g/mol. The third-order valence-corrected chi connectivity index (χ3v) is 8.57. The van der Waals surface area contributed by atoms with Crippen LogP contribution < -0.4 is 10.6 Å². The van der Waals surface area contributed by atoms with Crippen molar-refractivity contribution in [2.24, 2.45) is 17.3 Å². The van der Waals surface area contributed by atoms with Crippen LogP contribution in [0.4, 0.5) is 25.8 Å². The van der Waals surface area contributed by atoms with Crippen LogP contribution in [0.5, 0.6) is 0 Å². The smallest absolute Gasteiger partial charge is 0.294 e. The summed E-state index contributed by atoms with van der Waals surface area (Å²) in [6, 6.07) is 2.45. The molecule has 0 bridgehead atoms. The summed E-state index contributed by atoms with van der Waals surface area (Å²) in [5, 5.41) is 17.4. The molecule has 2 saturated heterocycles. The molecule has 3 fully saturated rings. The van der Waals surface area contributed by atoms with Crippen molar-refractivity contribution >= 4 is 44.8 Å². The highest BCUT2D eigenvalue weighted by molar-refractivity contribution is 9.10. The van der Waals surface area contributed by atoms with Crippen LogP contribution in [0.3, 0.4) is 0 Å². The van der Waals surface area contributed by atoms with Gasteiger partial charge in [0.1, 0.15) is 11.7 Å². The van der Waals surface area contributed by atoms with Crippen molar-refractivity contribution in [3.8, 4) is 0 Å². The van der Waals surface area contributed by atoms with Gasteiger partial charge in [-0.3, -0.25) is 24.7 Å². The Morgan fingerprint density at radius 3 is 2.42 bits per heavy atom. The standard InChI is InChI=1S/C25H27BrF2N6O4/c1-24(2)17-9-32(10-18(17)24)23(36)16-5-14(26)6-19(34(37)38)21(16)31-20-11-33(12-25(20,27)28)22(35)13-4-15(29-3)8-30-7-13/h4-8,17-18,20,29,31H,9-12H2,1-3H3. The summed E-state index contributed by atoms with van der Waals surface area (Å²) in [4.78, 5) is 44.3. The molecule has 5 rings (SSSR count). The number of likely N-dealkylation sites (tertiary alicyclic amines) is 2. The number of carbonyl (C=O) groups is 2. The number of pyridine rings is 1. The average molecular weight is 593 g/mol. The summed E-state index contributed by atoms with van der Waals surface area (Å²) in [6.45, 7) is 4.00. The first-order chi connectivity index (χ1) is 17.8. The van der Waals surface area contributed by atoms with Gasteiger partial charge in [-0.25, -0.2) is 8.78 Å². The van der Waals surface area contributed by atoms with Gasteiger partial charge in [-0.1, -0.05) is 29.8 Å². The molecule has 2 aliphatic heterocycles. The number of anilines is 2. The van der Waals surface area contributed by atoms with Crippen molar-refractivity contribution < 1.29 is 23.3 Å². The van der Waals surface area contributed by atoms with Gasteiger partial charge in [0, 0.05) is 49.6 Å². The van der Waals surface area contributed by atoms with Crippen LogP contribution in [0, 0.1) is 27.4 Å². The monoisotopic (exact) mass is 592 g/mol. The lowest BCUT2D eigenvalue weighted by atomic mass is 10.0. The molecule has 2 N–H and O–H groups in total. The number of rotatable bonds is 6. The molecule has 202 valence electrons. The van der Waals surface area contributed by atoms with E-state index in [0.29, 0.717) is 30.6 Å². The first-order valence-corrected chi connectivity index (χ1v) is 13.0. The summed E-state index contributed by atoms with van der Waals surface area (Å²) >= 11 is 3.22. The number of benzene rings is 1. The molecule has 3 aliphatic rings. The van der Waals surface area contributed by atoms with Crippen LogP contribution in [-0.2, 0) is 0 Å². The Morgan fingerprint density at radius 1 is 1.11 bits per heavy atom. The van der Waals surface area contributed by atoms with Crippen molar-refractivity contribution in [2.75, 3.05) is 43.9 Å². The number of nitro benzene ring substituents is 1. The third kappa shape index (κ3) is 4.46. The van der Waals surface area contributed by atoms with E-state index in [4.69, 9.17) is 0 Å². The van der Waals surface area contributed by atoms with Gasteiger partial charge in [-0.15, -0.1) is 0 Å². The van der Waals surface area contributed by atoms with Crippen LogP contribution in [0.25, 0.3) is 0 Å². The van der Waals surface area contributed by atoms with Crippen molar-refractivity contribution in [3.05, 3.63) is 56.3 Å². The second-order valence-corrected chi connectivity index (χ2v) is 11.6. The zero-order chi connectivity index (χ0) is 27.6. The van der Waals surface area contributed by atoms with Crippen LogP contribution in [0.2, 0.25) is 0 Å². The predicted molar refractivity (Wildman–Crippen MR) is 140 cm³/mol. The van der Waals surface area contributed by atoms with Crippen molar-refractivity contribution in [1.82, 2.24) is 14.8 Å². The number of nitrogens with one attached hydrogen (secondary N) is 2. The SMILES string of the molecule is CNc1cncc(C(=O)N2CC(Nc3c(C(=O)N4CC5C(C4)C5(C)C)cc(Br)cc3[N+](=O)[O-])C(F)(F)C2)c1. The number of nitro groups is 1. The Bertz CT molecular complexity index is 1320. The number of fused-ring (bicyclic) bond motifs is 1. The molecule has 3 heterocycles. The van der Waals surface area contributed by atoms with Crippen LogP contribution in [-0.4, -0.2) is 76.7 Å². The molecule has 10 nitrogen and oxygen atoms in total. The van der Waals surface area contributed by atoms with Gasteiger partial charge in [-0.2, -0.15) is 0 Å². The second-order valence-electron chi connectivity index (χ2n) is 10.7. The molecule has 2 aromatic rings. The number of hydrogen-bond acceptors (Lipinski definition) is 7. The minimum Gasteiger partial charge on any atom is -0.387 e. The lowest BCUT2D eigenvalue weighted by Gasteiger charge is -2.25. The van der Waals surface area contributed by atoms with Crippen LogP contribution >= 0.6 is 15.9 Å². The van der Waals surface area contributed by atoms with Gasteiger partial charge in [-0.05, 0) is 29.4 Å². The zero-order valence-corrected chi connectivity index (χ0v) is 22.6. The van der Waals surface area contributed by atoms with E-state index < -0.39 is 47.5 Å². The number of piperidine rings is 1. The number of aromatic nitrogens is 1. The molecular formula is C25H27BrF2N6O4. The van der Waals surface area contributed by atoms with Crippen molar-refractivity contribution in [1.29, 1.82) is 0 Å². The Kier molecular flexibility index (Phi) is 6.32. The molecule has 2 amide bonds. The molecule has 13 heteroatoms. The maximum atomic E-state index is 15.2. The van der Waals surface area contributed by atoms with Gasteiger partial charge in [0.2, 0.25) is 0 Å². The fraction of sp³-hybridized carbons (Fsp3) is 0.480. The number of halogens is 3. The molecule has 38 heavy (non-hydrogen) atoms. The summed E-state index contributed by atoms with van der Waals surface area (Å²) < 4.78 is 30.7. The average Bonchev–Trinajstić information content (AvgIpc) is 3.20. The van der Waals surface area contributed by atoms with E-state index in [0.717, 1.165) is 4.90 Å². The molecule has 0 spiro atoms. The Labute approximate surface area is 226 Å². The van der Waals surface area contributed by atoms with Gasteiger partial charge in [0.25, 0.3) is 23.4 Å². The lowest BCUT2D eigenvalue weighted by molar-refractivity contribution is -0.384. The molecule has 1 saturated carbocycles.